The lowest BCUT2D eigenvalue weighted by atomic mass is 10.2. The number of carbonyl (C=O) groups excluding carboxylic acids is 3. The molecule has 0 saturated heterocycles. The van der Waals surface area contributed by atoms with E-state index in [0.29, 0.717) is 16.3 Å². The Bertz CT molecular complexity index is 834. The first-order valence-corrected chi connectivity index (χ1v) is 8.18. The fourth-order valence-corrected chi connectivity index (χ4v) is 2.45. The van der Waals surface area contributed by atoms with Gasteiger partial charge in [-0.2, -0.15) is 0 Å². The lowest BCUT2D eigenvalue weighted by molar-refractivity contribution is -0.117. The molecule has 1 aliphatic rings. The van der Waals surface area contributed by atoms with Gasteiger partial charge in [-0.15, -0.1) is 0 Å². The molecular weight excluding hydrogens is 342 g/mol. The van der Waals surface area contributed by atoms with Crippen LogP contribution in [0.5, 0.6) is 0 Å². The molecule has 0 unspecified atom stereocenters. The van der Waals surface area contributed by atoms with E-state index >= 15 is 0 Å². The van der Waals surface area contributed by atoms with Crippen molar-refractivity contribution in [2.24, 2.45) is 5.92 Å². The van der Waals surface area contributed by atoms with Crippen LogP contribution in [0.15, 0.2) is 48.5 Å². The molecule has 0 radical (unpaired) electrons. The average Bonchev–Trinajstić information content (AvgIpc) is 3.45. The third-order valence-corrected chi connectivity index (χ3v) is 4.08. The summed E-state index contributed by atoms with van der Waals surface area (Å²) in [5.41, 5.74) is 5.76. The van der Waals surface area contributed by atoms with E-state index in [1.807, 2.05) is 0 Å². The predicted octanol–water partition coefficient (Wildman–Crippen LogP) is 2.76. The minimum atomic E-state index is -0.517. The summed E-state index contributed by atoms with van der Waals surface area (Å²) in [6.07, 6.45) is 1.81. The Morgan fingerprint density at radius 3 is 2.36 bits per heavy atom. The summed E-state index contributed by atoms with van der Waals surface area (Å²) in [6.45, 7) is 0. The van der Waals surface area contributed by atoms with E-state index in [1.165, 1.54) is 0 Å². The van der Waals surface area contributed by atoms with Crippen LogP contribution in [0.25, 0.3) is 0 Å². The first kappa shape index (κ1) is 17.0. The maximum atomic E-state index is 12.2. The molecule has 3 amide bonds. The number of hydrogen-bond acceptors (Lipinski definition) is 3. The van der Waals surface area contributed by atoms with Crippen molar-refractivity contribution in [2.45, 2.75) is 12.8 Å². The summed E-state index contributed by atoms with van der Waals surface area (Å²) in [4.78, 5) is 36.0. The highest BCUT2D eigenvalue weighted by molar-refractivity contribution is 6.33. The molecule has 2 aromatic carbocycles. The van der Waals surface area contributed by atoms with Crippen molar-refractivity contribution in [3.63, 3.8) is 0 Å². The highest BCUT2D eigenvalue weighted by Gasteiger charge is 2.29. The molecule has 3 rings (SSSR count). The van der Waals surface area contributed by atoms with Crippen molar-refractivity contribution in [2.75, 3.05) is 5.32 Å². The Morgan fingerprint density at radius 1 is 0.920 bits per heavy atom. The fraction of sp³-hybridized carbons (Fsp3) is 0.167. The van der Waals surface area contributed by atoms with Crippen LogP contribution < -0.4 is 16.2 Å². The lowest BCUT2D eigenvalue weighted by Gasteiger charge is -2.10. The van der Waals surface area contributed by atoms with Gasteiger partial charge in [0.15, 0.2) is 0 Å². The normalized spacial score (nSPS) is 13.0. The minimum Gasteiger partial charge on any atom is -0.326 e. The lowest BCUT2D eigenvalue weighted by Crippen LogP contribution is -2.41. The number of anilines is 1. The standard InChI is InChI=1S/C18H16ClN3O3/c19-15-7-2-1-6-14(15)18(25)22-21-17(24)12-4-3-5-13(10-12)20-16(23)11-8-9-11/h1-7,10-11H,8-9H2,(H,20,23)(H,21,24)(H,22,25). The van der Waals surface area contributed by atoms with Crippen LogP contribution in [0.3, 0.4) is 0 Å². The Labute approximate surface area is 149 Å². The quantitative estimate of drug-likeness (QED) is 0.735. The van der Waals surface area contributed by atoms with Gasteiger partial charge in [0, 0.05) is 17.2 Å². The second-order valence-corrected chi connectivity index (χ2v) is 6.14. The van der Waals surface area contributed by atoms with Crippen LogP contribution in [-0.4, -0.2) is 17.7 Å². The number of hydrogen-bond donors (Lipinski definition) is 3. The molecule has 1 aliphatic carbocycles. The van der Waals surface area contributed by atoms with E-state index in [9.17, 15) is 14.4 Å². The first-order chi connectivity index (χ1) is 12.0. The van der Waals surface area contributed by atoms with E-state index < -0.39 is 11.8 Å². The van der Waals surface area contributed by atoms with Crippen LogP contribution in [0.4, 0.5) is 5.69 Å². The van der Waals surface area contributed by atoms with Gasteiger partial charge in [0.2, 0.25) is 5.91 Å². The smallest absolute Gasteiger partial charge is 0.271 e. The third kappa shape index (κ3) is 4.36. The number of carbonyl (C=O) groups is 3. The first-order valence-electron chi connectivity index (χ1n) is 7.81. The van der Waals surface area contributed by atoms with Crippen LogP contribution in [0.1, 0.15) is 33.6 Å². The van der Waals surface area contributed by atoms with Crippen LogP contribution in [0, 0.1) is 5.92 Å². The molecular formula is C18H16ClN3O3. The summed E-state index contributed by atoms with van der Waals surface area (Å²) in [6, 6.07) is 13.0. The molecule has 128 valence electrons. The van der Waals surface area contributed by atoms with Crippen molar-refractivity contribution >= 4 is 35.0 Å². The van der Waals surface area contributed by atoms with Gasteiger partial charge in [0.1, 0.15) is 0 Å². The Hall–Kier alpha value is -2.86. The predicted molar refractivity (Wildman–Crippen MR) is 94.2 cm³/mol. The van der Waals surface area contributed by atoms with Gasteiger partial charge in [-0.25, -0.2) is 0 Å². The van der Waals surface area contributed by atoms with Gasteiger partial charge in [-0.05, 0) is 43.2 Å². The van der Waals surface area contributed by atoms with Gasteiger partial charge in [0.25, 0.3) is 11.8 Å². The monoisotopic (exact) mass is 357 g/mol. The highest BCUT2D eigenvalue weighted by Crippen LogP contribution is 2.30. The minimum absolute atomic E-state index is 0.0374. The SMILES string of the molecule is O=C(NNC(=O)c1ccccc1Cl)c1cccc(NC(=O)C2CC2)c1. The van der Waals surface area contributed by atoms with Crippen molar-refractivity contribution in [3.8, 4) is 0 Å². The number of amides is 3. The van der Waals surface area contributed by atoms with E-state index in [0.717, 1.165) is 12.8 Å². The zero-order chi connectivity index (χ0) is 17.8. The zero-order valence-corrected chi connectivity index (χ0v) is 14.0. The van der Waals surface area contributed by atoms with Gasteiger partial charge in [-0.3, -0.25) is 25.2 Å². The summed E-state index contributed by atoms with van der Waals surface area (Å²) in [7, 11) is 0. The van der Waals surface area contributed by atoms with E-state index in [2.05, 4.69) is 16.2 Å². The Morgan fingerprint density at radius 2 is 1.64 bits per heavy atom. The molecule has 2 aromatic rings. The maximum Gasteiger partial charge on any atom is 0.271 e. The molecule has 1 fully saturated rings. The Kier molecular flexibility index (Phi) is 5.00. The maximum absolute atomic E-state index is 12.2. The molecule has 0 spiro atoms. The molecule has 6 nitrogen and oxygen atoms in total. The second-order valence-electron chi connectivity index (χ2n) is 5.73. The van der Waals surface area contributed by atoms with E-state index in [4.69, 9.17) is 11.6 Å². The van der Waals surface area contributed by atoms with Gasteiger partial charge in [0.05, 0.1) is 10.6 Å². The molecule has 0 heterocycles. The molecule has 0 aromatic heterocycles. The van der Waals surface area contributed by atoms with Gasteiger partial charge < -0.3 is 5.32 Å². The highest BCUT2D eigenvalue weighted by atomic mass is 35.5. The van der Waals surface area contributed by atoms with Crippen molar-refractivity contribution in [1.82, 2.24) is 10.9 Å². The number of hydrazine groups is 1. The third-order valence-electron chi connectivity index (χ3n) is 3.75. The topological polar surface area (TPSA) is 87.3 Å². The van der Waals surface area contributed by atoms with Crippen LogP contribution >= 0.6 is 11.6 Å². The summed E-state index contributed by atoms with van der Waals surface area (Å²) in [5.74, 6) is -0.975. The number of benzene rings is 2. The van der Waals surface area contributed by atoms with E-state index in [-0.39, 0.29) is 17.4 Å². The van der Waals surface area contributed by atoms with Crippen molar-refractivity contribution in [3.05, 3.63) is 64.7 Å². The van der Waals surface area contributed by atoms with Gasteiger partial charge >= 0.3 is 0 Å². The number of rotatable bonds is 4. The molecule has 7 heteroatoms. The van der Waals surface area contributed by atoms with Crippen LogP contribution in [0.2, 0.25) is 5.02 Å². The summed E-state index contributed by atoms with van der Waals surface area (Å²) >= 11 is 5.94. The van der Waals surface area contributed by atoms with E-state index in [1.54, 1.807) is 48.5 Å². The van der Waals surface area contributed by atoms with Crippen molar-refractivity contribution < 1.29 is 14.4 Å². The molecule has 0 atom stereocenters. The largest absolute Gasteiger partial charge is 0.326 e. The van der Waals surface area contributed by atoms with Crippen molar-refractivity contribution in [1.29, 1.82) is 0 Å². The van der Waals surface area contributed by atoms with Crippen LogP contribution in [-0.2, 0) is 4.79 Å². The molecule has 0 aliphatic heterocycles. The van der Waals surface area contributed by atoms with Gasteiger partial charge in [-0.1, -0.05) is 29.8 Å². The molecule has 0 bridgehead atoms. The summed E-state index contributed by atoms with van der Waals surface area (Å²) < 4.78 is 0. The fourth-order valence-electron chi connectivity index (χ4n) is 2.23. The molecule has 3 N–H and O–H groups in total. The summed E-state index contributed by atoms with van der Waals surface area (Å²) in [5, 5.41) is 3.06. The zero-order valence-electron chi connectivity index (χ0n) is 13.2. The average molecular weight is 358 g/mol. The second kappa shape index (κ2) is 7.36. The Balaban J connectivity index is 1.60. The molecule has 25 heavy (non-hydrogen) atoms. The molecule has 1 saturated carbocycles. The number of nitrogens with one attached hydrogen (secondary N) is 3. The number of halogens is 1.